The lowest BCUT2D eigenvalue weighted by atomic mass is 10.0. The summed E-state index contributed by atoms with van der Waals surface area (Å²) in [5.41, 5.74) is 4.74. The van der Waals surface area contributed by atoms with E-state index in [-0.39, 0.29) is 18.0 Å². The maximum absolute atomic E-state index is 13.3. The molecule has 1 aromatic carbocycles. The first kappa shape index (κ1) is 16.1. The summed E-state index contributed by atoms with van der Waals surface area (Å²) in [6.07, 6.45) is -5.89. The highest BCUT2D eigenvalue weighted by Gasteiger charge is 2.32. The molecular formula is C10H11ClF5N. The number of aryl methyl sites for hydroxylation is 1. The van der Waals surface area contributed by atoms with Crippen molar-refractivity contribution in [3.05, 3.63) is 34.9 Å². The van der Waals surface area contributed by atoms with Crippen LogP contribution in [0.2, 0.25) is 0 Å². The van der Waals surface area contributed by atoms with Gasteiger partial charge in [0.15, 0.2) is 11.6 Å². The fourth-order valence-electron chi connectivity index (χ4n) is 1.31. The quantitative estimate of drug-likeness (QED) is 0.819. The second-order valence-electron chi connectivity index (χ2n) is 3.53. The molecule has 0 amide bonds. The summed E-state index contributed by atoms with van der Waals surface area (Å²) >= 11 is 0. The Labute approximate surface area is 101 Å². The van der Waals surface area contributed by atoms with Crippen LogP contribution in [0.5, 0.6) is 0 Å². The first-order chi connectivity index (χ1) is 7.22. The molecule has 0 fully saturated rings. The van der Waals surface area contributed by atoms with Crippen LogP contribution < -0.4 is 5.73 Å². The molecule has 0 radical (unpaired) electrons. The van der Waals surface area contributed by atoms with E-state index in [1.165, 1.54) is 13.0 Å². The number of hydrogen-bond donors (Lipinski definition) is 1. The minimum absolute atomic E-state index is 0. The Morgan fingerprint density at radius 2 is 1.71 bits per heavy atom. The molecule has 1 nitrogen and oxygen atoms in total. The summed E-state index contributed by atoms with van der Waals surface area (Å²) in [5.74, 6) is -2.47. The molecule has 17 heavy (non-hydrogen) atoms. The van der Waals surface area contributed by atoms with Gasteiger partial charge in [-0.1, -0.05) is 12.1 Å². The van der Waals surface area contributed by atoms with Crippen molar-refractivity contribution >= 4 is 12.4 Å². The van der Waals surface area contributed by atoms with Gasteiger partial charge in [0.2, 0.25) is 0 Å². The third kappa shape index (κ3) is 4.12. The summed E-state index contributed by atoms with van der Waals surface area (Å²) in [6, 6.07) is 0.684. The summed E-state index contributed by atoms with van der Waals surface area (Å²) in [5, 5.41) is 0. The van der Waals surface area contributed by atoms with E-state index in [2.05, 4.69) is 0 Å². The third-order valence-electron chi connectivity index (χ3n) is 2.16. The van der Waals surface area contributed by atoms with E-state index in [1.807, 2.05) is 0 Å². The molecule has 0 heterocycles. The highest BCUT2D eigenvalue weighted by Crippen LogP contribution is 2.30. The maximum atomic E-state index is 13.3. The summed E-state index contributed by atoms with van der Waals surface area (Å²) in [7, 11) is 0. The zero-order chi connectivity index (χ0) is 12.5. The van der Waals surface area contributed by atoms with Crippen molar-refractivity contribution in [3.8, 4) is 0 Å². The Hall–Kier alpha value is -0.880. The molecule has 0 spiro atoms. The molecule has 1 rings (SSSR count). The van der Waals surface area contributed by atoms with Gasteiger partial charge in [0.1, 0.15) is 0 Å². The second-order valence-corrected chi connectivity index (χ2v) is 3.53. The van der Waals surface area contributed by atoms with Crippen LogP contribution in [0.25, 0.3) is 0 Å². The van der Waals surface area contributed by atoms with Crippen molar-refractivity contribution in [2.75, 3.05) is 0 Å². The van der Waals surface area contributed by atoms with Gasteiger partial charge in [-0.05, 0) is 12.5 Å². The van der Waals surface area contributed by atoms with Gasteiger partial charge in [-0.2, -0.15) is 13.2 Å². The van der Waals surface area contributed by atoms with Gasteiger partial charge in [-0.15, -0.1) is 12.4 Å². The minimum atomic E-state index is -4.51. The SMILES string of the molecule is Cc1ccc([C@H](N)CC(F)(F)F)c(F)c1F.Cl. The molecule has 0 aliphatic carbocycles. The largest absolute Gasteiger partial charge is 0.390 e. The first-order valence-electron chi connectivity index (χ1n) is 4.49. The highest BCUT2D eigenvalue weighted by molar-refractivity contribution is 5.85. The highest BCUT2D eigenvalue weighted by atomic mass is 35.5. The Balaban J connectivity index is 0.00000256. The summed E-state index contributed by atoms with van der Waals surface area (Å²) in [4.78, 5) is 0. The molecule has 0 aromatic heterocycles. The maximum Gasteiger partial charge on any atom is 0.390 e. The van der Waals surface area contributed by atoms with Gasteiger partial charge in [0.25, 0.3) is 0 Å². The molecule has 1 aromatic rings. The van der Waals surface area contributed by atoms with Crippen molar-refractivity contribution in [1.82, 2.24) is 0 Å². The number of alkyl halides is 3. The molecule has 1 atom stereocenters. The topological polar surface area (TPSA) is 26.0 Å². The van der Waals surface area contributed by atoms with E-state index < -0.39 is 35.8 Å². The van der Waals surface area contributed by atoms with Crippen molar-refractivity contribution in [2.24, 2.45) is 5.73 Å². The van der Waals surface area contributed by atoms with E-state index in [0.29, 0.717) is 0 Å². The van der Waals surface area contributed by atoms with E-state index in [4.69, 9.17) is 5.73 Å². The lowest BCUT2D eigenvalue weighted by molar-refractivity contribution is -0.138. The van der Waals surface area contributed by atoms with E-state index in [0.717, 1.165) is 6.07 Å². The van der Waals surface area contributed by atoms with Crippen molar-refractivity contribution < 1.29 is 22.0 Å². The molecule has 0 bridgehead atoms. The molecule has 7 heteroatoms. The van der Waals surface area contributed by atoms with E-state index >= 15 is 0 Å². The van der Waals surface area contributed by atoms with Crippen LogP contribution in [-0.2, 0) is 0 Å². The molecule has 0 aliphatic heterocycles. The van der Waals surface area contributed by atoms with Crippen molar-refractivity contribution in [2.45, 2.75) is 25.6 Å². The Morgan fingerprint density at radius 1 is 1.18 bits per heavy atom. The number of nitrogens with two attached hydrogens (primary N) is 1. The normalized spacial score (nSPS) is 13.1. The molecule has 0 unspecified atom stereocenters. The minimum Gasteiger partial charge on any atom is -0.324 e. The number of halogens is 6. The molecule has 0 aliphatic rings. The van der Waals surface area contributed by atoms with Crippen LogP contribution in [0.3, 0.4) is 0 Å². The Morgan fingerprint density at radius 3 is 2.18 bits per heavy atom. The monoisotopic (exact) mass is 275 g/mol. The van der Waals surface area contributed by atoms with Gasteiger partial charge >= 0.3 is 6.18 Å². The number of rotatable bonds is 2. The fraction of sp³-hybridized carbons (Fsp3) is 0.400. The molecule has 98 valence electrons. The van der Waals surface area contributed by atoms with Gasteiger partial charge < -0.3 is 5.73 Å². The average molecular weight is 276 g/mol. The fourth-order valence-corrected chi connectivity index (χ4v) is 1.31. The Kier molecular flexibility index (Phi) is 5.35. The van der Waals surface area contributed by atoms with Crippen LogP contribution in [0.15, 0.2) is 12.1 Å². The lowest BCUT2D eigenvalue weighted by Crippen LogP contribution is -2.21. The molecule has 0 saturated heterocycles. The van der Waals surface area contributed by atoms with Crippen LogP contribution >= 0.6 is 12.4 Å². The van der Waals surface area contributed by atoms with Gasteiger partial charge in [0, 0.05) is 11.6 Å². The van der Waals surface area contributed by atoms with E-state index in [1.54, 1.807) is 0 Å². The van der Waals surface area contributed by atoms with Crippen LogP contribution in [0.1, 0.15) is 23.6 Å². The molecule has 0 saturated carbocycles. The number of hydrogen-bond acceptors (Lipinski definition) is 1. The van der Waals surface area contributed by atoms with Gasteiger partial charge in [-0.25, -0.2) is 8.78 Å². The second kappa shape index (κ2) is 5.64. The smallest absolute Gasteiger partial charge is 0.324 e. The van der Waals surface area contributed by atoms with Crippen molar-refractivity contribution in [1.29, 1.82) is 0 Å². The van der Waals surface area contributed by atoms with Crippen molar-refractivity contribution in [3.63, 3.8) is 0 Å². The zero-order valence-corrected chi connectivity index (χ0v) is 9.63. The van der Waals surface area contributed by atoms with Gasteiger partial charge in [0.05, 0.1) is 6.42 Å². The molecular weight excluding hydrogens is 265 g/mol. The number of benzene rings is 1. The van der Waals surface area contributed by atoms with E-state index in [9.17, 15) is 22.0 Å². The lowest BCUT2D eigenvalue weighted by Gasteiger charge is -2.15. The molecule has 2 N–H and O–H groups in total. The predicted molar refractivity (Wildman–Crippen MR) is 55.9 cm³/mol. The van der Waals surface area contributed by atoms with Crippen LogP contribution in [-0.4, -0.2) is 6.18 Å². The zero-order valence-electron chi connectivity index (χ0n) is 8.81. The average Bonchev–Trinajstić information content (AvgIpc) is 2.11. The standard InChI is InChI=1S/C10H10F5N.ClH/c1-5-2-3-6(9(12)8(5)11)7(16)4-10(13,14)15;/h2-3,7H,4,16H2,1H3;1H/t7-;/m1./s1. The van der Waals surface area contributed by atoms with Crippen LogP contribution in [0, 0.1) is 18.6 Å². The Bertz CT molecular complexity index is 391. The third-order valence-corrected chi connectivity index (χ3v) is 2.16. The van der Waals surface area contributed by atoms with Crippen LogP contribution in [0.4, 0.5) is 22.0 Å². The summed E-state index contributed by atoms with van der Waals surface area (Å²) < 4.78 is 62.4. The summed E-state index contributed by atoms with van der Waals surface area (Å²) in [6.45, 7) is 1.32. The van der Waals surface area contributed by atoms with Gasteiger partial charge in [-0.3, -0.25) is 0 Å². The predicted octanol–water partition coefficient (Wildman–Crippen LogP) is 3.65. The first-order valence-corrected chi connectivity index (χ1v) is 4.49.